The van der Waals surface area contributed by atoms with E-state index in [9.17, 15) is 4.79 Å². The molecule has 4 heteroatoms. The molecule has 0 saturated carbocycles. The van der Waals surface area contributed by atoms with Gasteiger partial charge in [-0.3, -0.25) is 4.79 Å². The average Bonchev–Trinajstić information content (AvgIpc) is 2.96. The van der Waals surface area contributed by atoms with Crippen molar-refractivity contribution in [2.24, 2.45) is 4.99 Å². The van der Waals surface area contributed by atoms with E-state index in [1.54, 1.807) is 7.11 Å². The highest BCUT2D eigenvalue weighted by Gasteiger charge is 2.21. The molecule has 1 aliphatic rings. The molecule has 1 aliphatic heterocycles. The lowest BCUT2D eigenvalue weighted by atomic mass is 9.99. The number of aliphatic imine (C=N–C) groups is 1. The number of hydrogen-bond donors (Lipinski definition) is 1. The monoisotopic (exact) mass is 334 g/mol. The molecule has 0 spiro atoms. The summed E-state index contributed by atoms with van der Waals surface area (Å²) in [6, 6.07) is 13.8. The van der Waals surface area contributed by atoms with Crippen molar-refractivity contribution in [2.45, 2.75) is 26.7 Å². The van der Waals surface area contributed by atoms with Crippen molar-refractivity contribution in [3.8, 4) is 5.75 Å². The largest absolute Gasteiger partial charge is 0.496 e. The lowest BCUT2D eigenvalue weighted by molar-refractivity contribution is -0.115. The van der Waals surface area contributed by atoms with Crippen molar-refractivity contribution in [3.05, 3.63) is 70.4 Å². The molecule has 2 aromatic carbocycles. The Morgan fingerprint density at radius 3 is 2.48 bits per heavy atom. The highest BCUT2D eigenvalue weighted by atomic mass is 16.5. The maximum Gasteiger partial charge on any atom is 0.275 e. The Labute approximate surface area is 148 Å². The van der Waals surface area contributed by atoms with Crippen LogP contribution in [0, 0.1) is 6.92 Å². The van der Waals surface area contributed by atoms with E-state index in [1.165, 1.54) is 5.56 Å². The van der Waals surface area contributed by atoms with Gasteiger partial charge in [0.1, 0.15) is 17.3 Å². The molecule has 0 aromatic heterocycles. The minimum absolute atomic E-state index is 0.183. The molecule has 0 saturated heterocycles. The first-order valence-corrected chi connectivity index (χ1v) is 8.34. The topological polar surface area (TPSA) is 50.7 Å². The highest BCUT2D eigenvalue weighted by molar-refractivity contribution is 6.19. The molecule has 128 valence electrons. The number of methoxy groups -OCH3 is 1. The van der Waals surface area contributed by atoms with Gasteiger partial charge in [0.25, 0.3) is 5.91 Å². The van der Waals surface area contributed by atoms with Gasteiger partial charge in [0, 0.05) is 5.56 Å². The van der Waals surface area contributed by atoms with Crippen LogP contribution in [0.5, 0.6) is 5.75 Å². The number of amidine groups is 1. The fourth-order valence-electron chi connectivity index (χ4n) is 2.77. The van der Waals surface area contributed by atoms with Gasteiger partial charge in [0.05, 0.1) is 7.11 Å². The minimum atomic E-state index is -0.183. The number of carbonyl (C=O) groups excluding carboxylic acids is 1. The van der Waals surface area contributed by atoms with E-state index >= 15 is 0 Å². The summed E-state index contributed by atoms with van der Waals surface area (Å²) in [5, 5.41) is 2.84. The van der Waals surface area contributed by atoms with Crippen LogP contribution in [-0.2, 0) is 4.79 Å². The fraction of sp³-hybridized carbons (Fsp3) is 0.238. The van der Waals surface area contributed by atoms with E-state index in [2.05, 4.69) is 24.2 Å². The van der Waals surface area contributed by atoms with Crippen LogP contribution >= 0.6 is 0 Å². The van der Waals surface area contributed by atoms with Gasteiger partial charge in [-0.15, -0.1) is 0 Å². The third kappa shape index (κ3) is 3.63. The zero-order valence-electron chi connectivity index (χ0n) is 15.0. The lowest BCUT2D eigenvalue weighted by Crippen LogP contribution is -2.24. The Morgan fingerprint density at radius 2 is 1.84 bits per heavy atom. The second-order valence-electron chi connectivity index (χ2n) is 6.47. The standard InChI is InChI=1S/C21H22N2O2/c1-13(2)17-11-15(7-10-19(17)25-4)12-18-21(24)23-20(22-18)16-8-5-14(3)6-9-16/h5-13H,1-4H3,(H,22,23,24)/b18-12+. The molecule has 2 aromatic rings. The molecule has 4 nitrogen and oxygen atoms in total. The Bertz CT molecular complexity index is 862. The van der Waals surface area contributed by atoms with Crippen molar-refractivity contribution in [1.29, 1.82) is 0 Å². The first-order valence-electron chi connectivity index (χ1n) is 8.34. The predicted molar refractivity (Wildman–Crippen MR) is 101 cm³/mol. The molecule has 0 fully saturated rings. The third-order valence-corrected chi connectivity index (χ3v) is 4.20. The van der Waals surface area contributed by atoms with Crippen LogP contribution in [0.2, 0.25) is 0 Å². The number of aryl methyl sites for hydroxylation is 1. The number of hydrogen-bond acceptors (Lipinski definition) is 3. The van der Waals surface area contributed by atoms with Crippen LogP contribution in [0.3, 0.4) is 0 Å². The Kier molecular flexibility index (Phi) is 4.70. The van der Waals surface area contributed by atoms with Gasteiger partial charge in [-0.1, -0.05) is 49.7 Å². The molecule has 1 N–H and O–H groups in total. The minimum Gasteiger partial charge on any atom is -0.496 e. The van der Waals surface area contributed by atoms with Gasteiger partial charge in [0.15, 0.2) is 0 Å². The third-order valence-electron chi connectivity index (χ3n) is 4.20. The fourth-order valence-corrected chi connectivity index (χ4v) is 2.77. The molecule has 0 radical (unpaired) electrons. The summed E-state index contributed by atoms with van der Waals surface area (Å²) in [6.07, 6.45) is 1.81. The Balaban J connectivity index is 1.94. The summed E-state index contributed by atoms with van der Waals surface area (Å²) in [5.74, 6) is 1.60. The van der Waals surface area contributed by atoms with Crippen LogP contribution < -0.4 is 10.1 Å². The number of benzene rings is 2. The van der Waals surface area contributed by atoms with E-state index in [0.29, 0.717) is 17.5 Å². The number of nitrogens with zero attached hydrogens (tertiary/aromatic N) is 1. The van der Waals surface area contributed by atoms with Gasteiger partial charge >= 0.3 is 0 Å². The van der Waals surface area contributed by atoms with Gasteiger partial charge in [-0.25, -0.2) is 4.99 Å². The number of amides is 1. The molecular formula is C21H22N2O2. The van der Waals surface area contributed by atoms with Crippen LogP contribution in [0.15, 0.2) is 53.2 Å². The van der Waals surface area contributed by atoms with Crippen molar-refractivity contribution in [1.82, 2.24) is 5.32 Å². The van der Waals surface area contributed by atoms with Gasteiger partial charge < -0.3 is 10.1 Å². The van der Waals surface area contributed by atoms with Crippen LogP contribution in [-0.4, -0.2) is 18.9 Å². The molecule has 0 aliphatic carbocycles. The van der Waals surface area contributed by atoms with Crippen LogP contribution in [0.4, 0.5) is 0 Å². The summed E-state index contributed by atoms with van der Waals surface area (Å²) in [6.45, 7) is 6.26. The molecular weight excluding hydrogens is 312 g/mol. The summed E-state index contributed by atoms with van der Waals surface area (Å²) < 4.78 is 5.41. The smallest absolute Gasteiger partial charge is 0.275 e. The lowest BCUT2D eigenvalue weighted by Gasteiger charge is -2.12. The number of ether oxygens (including phenoxy) is 1. The Morgan fingerprint density at radius 1 is 1.12 bits per heavy atom. The molecule has 3 rings (SSSR count). The summed E-state index contributed by atoms with van der Waals surface area (Å²) in [5.41, 5.74) is 4.53. The number of nitrogens with one attached hydrogen (secondary N) is 1. The molecule has 25 heavy (non-hydrogen) atoms. The first kappa shape index (κ1) is 17.0. The van der Waals surface area contributed by atoms with E-state index in [1.807, 2.05) is 55.5 Å². The van der Waals surface area contributed by atoms with Crippen molar-refractivity contribution < 1.29 is 9.53 Å². The second kappa shape index (κ2) is 6.93. The van der Waals surface area contributed by atoms with Crippen molar-refractivity contribution >= 4 is 17.8 Å². The summed E-state index contributed by atoms with van der Waals surface area (Å²) >= 11 is 0. The molecule has 0 unspecified atom stereocenters. The van der Waals surface area contributed by atoms with E-state index in [-0.39, 0.29) is 5.91 Å². The summed E-state index contributed by atoms with van der Waals surface area (Å²) in [4.78, 5) is 16.7. The van der Waals surface area contributed by atoms with Crippen LogP contribution in [0.1, 0.15) is 42.0 Å². The molecule has 1 heterocycles. The summed E-state index contributed by atoms with van der Waals surface area (Å²) in [7, 11) is 1.67. The SMILES string of the molecule is COc1ccc(/C=C2/N=C(c3ccc(C)cc3)NC2=O)cc1C(C)C. The first-order chi connectivity index (χ1) is 12.0. The Hall–Kier alpha value is -2.88. The number of rotatable bonds is 4. The zero-order chi connectivity index (χ0) is 18.0. The van der Waals surface area contributed by atoms with E-state index in [4.69, 9.17) is 4.74 Å². The maximum atomic E-state index is 12.3. The number of carbonyl (C=O) groups is 1. The molecule has 0 bridgehead atoms. The molecule has 1 amide bonds. The van der Waals surface area contributed by atoms with Crippen molar-refractivity contribution in [2.75, 3.05) is 7.11 Å². The quantitative estimate of drug-likeness (QED) is 0.858. The maximum absolute atomic E-state index is 12.3. The normalized spacial score (nSPS) is 15.5. The van der Waals surface area contributed by atoms with Crippen LogP contribution in [0.25, 0.3) is 6.08 Å². The second-order valence-corrected chi connectivity index (χ2v) is 6.47. The molecule has 0 atom stereocenters. The highest BCUT2D eigenvalue weighted by Crippen LogP contribution is 2.28. The van der Waals surface area contributed by atoms with E-state index in [0.717, 1.165) is 22.4 Å². The van der Waals surface area contributed by atoms with Gasteiger partial charge in [-0.05, 0) is 42.2 Å². The predicted octanol–water partition coefficient (Wildman–Crippen LogP) is 4.04. The van der Waals surface area contributed by atoms with Crippen molar-refractivity contribution in [3.63, 3.8) is 0 Å². The zero-order valence-corrected chi connectivity index (χ0v) is 15.0. The van der Waals surface area contributed by atoms with Gasteiger partial charge in [0.2, 0.25) is 0 Å². The van der Waals surface area contributed by atoms with Gasteiger partial charge in [-0.2, -0.15) is 0 Å². The van der Waals surface area contributed by atoms with E-state index < -0.39 is 0 Å². The average molecular weight is 334 g/mol.